The van der Waals surface area contributed by atoms with Crippen LogP contribution in [0.25, 0.3) is 0 Å². The Morgan fingerprint density at radius 2 is 2.11 bits per heavy atom. The van der Waals surface area contributed by atoms with Crippen LogP contribution in [-0.2, 0) is 18.4 Å². The first-order valence-corrected chi connectivity index (χ1v) is 6.27. The number of benzene rings is 1. The number of anilines is 2. The number of rotatable bonds is 4. The normalized spacial score (nSPS) is 10.3. The molecule has 1 amide bonds. The molecule has 1 heterocycles. The number of hydrogen-bond acceptors (Lipinski definition) is 2. The molecule has 0 atom stereocenters. The topological polar surface area (TPSA) is 46.1 Å². The van der Waals surface area contributed by atoms with Gasteiger partial charge in [-0.3, -0.25) is 4.79 Å². The second-order valence-corrected chi connectivity index (χ2v) is 4.75. The maximum Gasteiger partial charge on any atom is 0.221 e. The molecule has 0 spiro atoms. The van der Waals surface area contributed by atoms with E-state index < -0.39 is 0 Å². The standard InChI is InChI=1S/C15H19N3O/c1-11-4-5-14(17-12(2)19)8-15(11)16-9-13-6-7-18(3)10-13/h4-8,10,16H,9H2,1-3H3,(H,17,19). The van der Waals surface area contributed by atoms with Crippen LogP contribution in [0.3, 0.4) is 0 Å². The predicted octanol–water partition coefficient (Wildman–Crippen LogP) is 2.90. The Morgan fingerprint density at radius 3 is 2.74 bits per heavy atom. The number of carbonyl (C=O) groups excluding carboxylic acids is 1. The third-order valence-electron chi connectivity index (χ3n) is 2.93. The van der Waals surface area contributed by atoms with Crippen LogP contribution in [0.1, 0.15) is 18.1 Å². The van der Waals surface area contributed by atoms with Crippen molar-refractivity contribution in [3.8, 4) is 0 Å². The summed E-state index contributed by atoms with van der Waals surface area (Å²) in [6.45, 7) is 4.33. The highest BCUT2D eigenvalue weighted by Gasteiger charge is 2.02. The highest BCUT2D eigenvalue weighted by Crippen LogP contribution is 2.21. The maximum atomic E-state index is 11.1. The summed E-state index contributed by atoms with van der Waals surface area (Å²) in [5.41, 5.74) is 4.24. The second-order valence-electron chi connectivity index (χ2n) is 4.75. The van der Waals surface area contributed by atoms with Crippen molar-refractivity contribution < 1.29 is 4.79 Å². The van der Waals surface area contributed by atoms with Gasteiger partial charge in [0, 0.05) is 44.3 Å². The summed E-state index contributed by atoms with van der Waals surface area (Å²) in [4.78, 5) is 11.1. The van der Waals surface area contributed by atoms with E-state index in [2.05, 4.69) is 22.9 Å². The lowest BCUT2D eigenvalue weighted by molar-refractivity contribution is -0.114. The number of carbonyl (C=O) groups is 1. The Morgan fingerprint density at radius 1 is 1.32 bits per heavy atom. The van der Waals surface area contributed by atoms with Gasteiger partial charge < -0.3 is 15.2 Å². The third-order valence-corrected chi connectivity index (χ3v) is 2.93. The van der Waals surface area contributed by atoms with Crippen LogP contribution in [0.2, 0.25) is 0 Å². The van der Waals surface area contributed by atoms with E-state index in [0.717, 1.165) is 23.5 Å². The van der Waals surface area contributed by atoms with Crippen LogP contribution < -0.4 is 10.6 Å². The molecule has 0 bridgehead atoms. The number of aryl methyl sites for hydroxylation is 2. The molecule has 4 nitrogen and oxygen atoms in total. The van der Waals surface area contributed by atoms with E-state index in [4.69, 9.17) is 0 Å². The van der Waals surface area contributed by atoms with Crippen LogP contribution in [0.15, 0.2) is 36.7 Å². The molecule has 0 unspecified atom stereocenters. The van der Waals surface area contributed by atoms with Crippen molar-refractivity contribution in [1.29, 1.82) is 0 Å². The molecule has 100 valence electrons. The molecule has 0 aliphatic rings. The zero-order valence-corrected chi connectivity index (χ0v) is 11.5. The largest absolute Gasteiger partial charge is 0.381 e. The summed E-state index contributed by atoms with van der Waals surface area (Å²) in [6, 6.07) is 7.95. The van der Waals surface area contributed by atoms with E-state index in [9.17, 15) is 4.79 Å². The van der Waals surface area contributed by atoms with Gasteiger partial charge in [-0.1, -0.05) is 6.07 Å². The molecule has 0 aliphatic heterocycles. The van der Waals surface area contributed by atoms with Gasteiger partial charge in [0.15, 0.2) is 0 Å². The third kappa shape index (κ3) is 3.61. The number of amides is 1. The number of nitrogens with one attached hydrogen (secondary N) is 2. The summed E-state index contributed by atoms with van der Waals surface area (Å²) in [7, 11) is 2.01. The molecule has 1 aromatic heterocycles. The Labute approximate surface area is 113 Å². The molecule has 2 rings (SSSR count). The molecule has 0 saturated heterocycles. The number of hydrogen-bond donors (Lipinski definition) is 2. The first-order valence-electron chi connectivity index (χ1n) is 6.27. The molecule has 4 heteroatoms. The lowest BCUT2D eigenvalue weighted by Gasteiger charge is -2.11. The molecular weight excluding hydrogens is 238 g/mol. The first kappa shape index (κ1) is 13.2. The fourth-order valence-corrected chi connectivity index (χ4v) is 1.96. The monoisotopic (exact) mass is 257 g/mol. The van der Waals surface area contributed by atoms with E-state index in [-0.39, 0.29) is 5.91 Å². The quantitative estimate of drug-likeness (QED) is 0.884. The summed E-state index contributed by atoms with van der Waals surface area (Å²) in [5.74, 6) is -0.0575. The molecule has 0 saturated carbocycles. The van der Waals surface area contributed by atoms with Crippen molar-refractivity contribution in [2.45, 2.75) is 20.4 Å². The van der Waals surface area contributed by atoms with Crippen molar-refractivity contribution in [3.63, 3.8) is 0 Å². The molecule has 2 N–H and O–H groups in total. The molecule has 19 heavy (non-hydrogen) atoms. The van der Waals surface area contributed by atoms with Gasteiger partial charge in [0.25, 0.3) is 0 Å². The molecule has 0 aliphatic carbocycles. The Kier molecular flexibility index (Phi) is 3.90. The lowest BCUT2D eigenvalue weighted by atomic mass is 10.1. The van der Waals surface area contributed by atoms with E-state index >= 15 is 0 Å². The smallest absolute Gasteiger partial charge is 0.221 e. The van der Waals surface area contributed by atoms with Gasteiger partial charge in [-0.25, -0.2) is 0 Å². The minimum atomic E-state index is -0.0575. The van der Waals surface area contributed by atoms with Crippen molar-refractivity contribution in [3.05, 3.63) is 47.8 Å². The molecule has 1 aromatic carbocycles. The predicted molar refractivity (Wildman–Crippen MR) is 78.2 cm³/mol. The maximum absolute atomic E-state index is 11.1. The SMILES string of the molecule is CC(=O)Nc1ccc(C)c(NCc2ccn(C)c2)c1. The zero-order chi connectivity index (χ0) is 13.8. The van der Waals surface area contributed by atoms with Gasteiger partial charge in [0.2, 0.25) is 5.91 Å². The average Bonchev–Trinajstić information content (AvgIpc) is 2.75. The van der Waals surface area contributed by atoms with Gasteiger partial charge in [-0.2, -0.15) is 0 Å². The van der Waals surface area contributed by atoms with E-state index in [1.807, 2.05) is 42.9 Å². The van der Waals surface area contributed by atoms with Crippen LogP contribution in [0, 0.1) is 6.92 Å². The average molecular weight is 257 g/mol. The van der Waals surface area contributed by atoms with Gasteiger partial charge in [0.1, 0.15) is 0 Å². The highest BCUT2D eigenvalue weighted by molar-refractivity contribution is 5.89. The van der Waals surface area contributed by atoms with Crippen LogP contribution in [0.5, 0.6) is 0 Å². The summed E-state index contributed by atoms with van der Waals surface area (Å²) < 4.78 is 2.03. The Hall–Kier alpha value is -2.23. The van der Waals surface area contributed by atoms with Crippen LogP contribution in [0.4, 0.5) is 11.4 Å². The van der Waals surface area contributed by atoms with E-state index in [0.29, 0.717) is 0 Å². The zero-order valence-electron chi connectivity index (χ0n) is 11.5. The van der Waals surface area contributed by atoms with Gasteiger partial charge in [0.05, 0.1) is 0 Å². The van der Waals surface area contributed by atoms with Crippen molar-refractivity contribution in [1.82, 2.24) is 4.57 Å². The highest BCUT2D eigenvalue weighted by atomic mass is 16.1. The van der Waals surface area contributed by atoms with Crippen LogP contribution in [-0.4, -0.2) is 10.5 Å². The summed E-state index contributed by atoms with van der Waals surface area (Å²) >= 11 is 0. The summed E-state index contributed by atoms with van der Waals surface area (Å²) in [6.07, 6.45) is 4.11. The summed E-state index contributed by atoms with van der Waals surface area (Å²) in [5, 5.41) is 6.18. The number of aromatic nitrogens is 1. The van der Waals surface area contributed by atoms with Crippen molar-refractivity contribution in [2.24, 2.45) is 7.05 Å². The molecule has 0 fully saturated rings. The lowest BCUT2D eigenvalue weighted by Crippen LogP contribution is -2.07. The van der Waals surface area contributed by atoms with Crippen molar-refractivity contribution in [2.75, 3.05) is 10.6 Å². The van der Waals surface area contributed by atoms with Crippen LogP contribution >= 0.6 is 0 Å². The molecular formula is C15H19N3O. The van der Waals surface area contributed by atoms with Crippen molar-refractivity contribution >= 4 is 17.3 Å². The van der Waals surface area contributed by atoms with Gasteiger partial charge in [-0.15, -0.1) is 0 Å². The minimum Gasteiger partial charge on any atom is -0.381 e. The molecule has 2 aromatic rings. The minimum absolute atomic E-state index is 0.0575. The number of nitrogens with zero attached hydrogens (tertiary/aromatic N) is 1. The van der Waals surface area contributed by atoms with Gasteiger partial charge >= 0.3 is 0 Å². The Balaban J connectivity index is 2.08. The van der Waals surface area contributed by atoms with E-state index in [1.165, 1.54) is 12.5 Å². The fourth-order valence-electron chi connectivity index (χ4n) is 1.96. The fraction of sp³-hybridized carbons (Fsp3) is 0.267. The first-order chi connectivity index (χ1) is 9.04. The molecule has 0 radical (unpaired) electrons. The second kappa shape index (κ2) is 5.61. The van der Waals surface area contributed by atoms with Gasteiger partial charge in [-0.05, 0) is 36.2 Å². The Bertz CT molecular complexity index is 587. The van der Waals surface area contributed by atoms with E-state index in [1.54, 1.807) is 0 Å².